The van der Waals surface area contributed by atoms with Crippen molar-refractivity contribution in [2.75, 3.05) is 57.9 Å². The molecule has 0 N–H and O–H groups in total. The van der Waals surface area contributed by atoms with Crippen molar-refractivity contribution >= 4 is 40.8 Å². The van der Waals surface area contributed by atoms with Crippen LogP contribution in [-0.2, 0) is 14.3 Å². The second kappa shape index (κ2) is 10.7. The Hall–Kier alpha value is -2.42. The number of amides is 2. The van der Waals surface area contributed by atoms with Crippen LogP contribution >= 0.6 is 23.2 Å². The summed E-state index contributed by atoms with van der Waals surface area (Å²) in [5.74, 6) is 0.867. The SMILES string of the molecule is COCCN(CC(=O)N1CCN(c2ccc(-c3ccc(Cl)cc3Cl)nn2)CC1)C(=O)C1CC1. The molecule has 2 amide bonds. The highest BCUT2D eigenvalue weighted by atomic mass is 35.5. The van der Waals surface area contributed by atoms with E-state index in [-0.39, 0.29) is 24.3 Å². The van der Waals surface area contributed by atoms with Gasteiger partial charge in [0.1, 0.15) is 0 Å². The molecule has 4 rings (SSSR count). The van der Waals surface area contributed by atoms with Crippen molar-refractivity contribution in [3.8, 4) is 11.3 Å². The maximum absolute atomic E-state index is 12.8. The third-order valence-electron chi connectivity index (χ3n) is 5.94. The topological polar surface area (TPSA) is 78.9 Å². The van der Waals surface area contributed by atoms with Crippen molar-refractivity contribution < 1.29 is 14.3 Å². The molecule has 0 atom stereocenters. The first kappa shape index (κ1) is 23.7. The molecule has 176 valence electrons. The molecule has 1 aliphatic carbocycles. The number of rotatable bonds is 8. The average molecular weight is 492 g/mol. The molecule has 33 heavy (non-hydrogen) atoms. The number of carbonyl (C=O) groups is 2. The van der Waals surface area contributed by atoms with Gasteiger partial charge in [-0.1, -0.05) is 23.2 Å². The van der Waals surface area contributed by atoms with E-state index in [9.17, 15) is 9.59 Å². The summed E-state index contributed by atoms with van der Waals surface area (Å²) < 4.78 is 5.11. The van der Waals surface area contributed by atoms with E-state index in [1.165, 1.54) is 0 Å². The molecule has 1 saturated carbocycles. The van der Waals surface area contributed by atoms with E-state index in [2.05, 4.69) is 15.1 Å². The van der Waals surface area contributed by atoms with E-state index in [1.54, 1.807) is 24.1 Å². The minimum absolute atomic E-state index is 0.0291. The first-order valence-electron chi connectivity index (χ1n) is 11.1. The minimum atomic E-state index is -0.0291. The number of halogens is 2. The molecule has 2 aliphatic rings. The fraction of sp³-hybridized carbons (Fsp3) is 0.478. The Morgan fingerprint density at radius 3 is 2.45 bits per heavy atom. The van der Waals surface area contributed by atoms with E-state index in [1.807, 2.05) is 23.1 Å². The molecule has 1 saturated heterocycles. The van der Waals surface area contributed by atoms with E-state index >= 15 is 0 Å². The number of benzene rings is 1. The molecule has 8 nitrogen and oxygen atoms in total. The fourth-order valence-electron chi connectivity index (χ4n) is 3.84. The number of carbonyl (C=O) groups excluding carboxylic acids is 2. The lowest BCUT2D eigenvalue weighted by Crippen LogP contribution is -2.52. The largest absolute Gasteiger partial charge is 0.383 e. The molecule has 2 heterocycles. The maximum atomic E-state index is 12.8. The van der Waals surface area contributed by atoms with Crippen molar-refractivity contribution in [3.05, 3.63) is 40.4 Å². The van der Waals surface area contributed by atoms with E-state index < -0.39 is 0 Å². The van der Waals surface area contributed by atoms with Gasteiger partial charge in [-0.05, 0) is 43.2 Å². The van der Waals surface area contributed by atoms with Gasteiger partial charge in [-0.2, -0.15) is 0 Å². The third kappa shape index (κ3) is 5.93. The lowest BCUT2D eigenvalue weighted by atomic mass is 10.1. The Bertz CT molecular complexity index is 992. The summed E-state index contributed by atoms with van der Waals surface area (Å²) in [5.41, 5.74) is 1.44. The van der Waals surface area contributed by atoms with Crippen molar-refractivity contribution in [1.82, 2.24) is 20.0 Å². The number of piperazine rings is 1. The lowest BCUT2D eigenvalue weighted by molar-refractivity contribution is -0.142. The molecule has 1 aromatic heterocycles. The molecule has 0 radical (unpaired) electrons. The van der Waals surface area contributed by atoms with Gasteiger partial charge in [0.15, 0.2) is 5.82 Å². The summed E-state index contributed by atoms with van der Waals surface area (Å²) in [6.45, 7) is 3.41. The number of anilines is 1. The average Bonchev–Trinajstić information content (AvgIpc) is 3.67. The molecule has 0 bridgehead atoms. The summed E-state index contributed by atoms with van der Waals surface area (Å²) in [7, 11) is 1.60. The van der Waals surface area contributed by atoms with E-state index in [4.69, 9.17) is 27.9 Å². The predicted octanol–water partition coefficient (Wildman–Crippen LogP) is 2.98. The summed E-state index contributed by atoms with van der Waals surface area (Å²) in [6.07, 6.45) is 1.83. The lowest BCUT2D eigenvalue weighted by Gasteiger charge is -2.36. The van der Waals surface area contributed by atoms with Crippen LogP contribution in [0.25, 0.3) is 11.3 Å². The van der Waals surface area contributed by atoms with Crippen LogP contribution < -0.4 is 4.90 Å². The number of ether oxygens (including phenoxy) is 1. The molecule has 1 aliphatic heterocycles. The zero-order valence-electron chi connectivity index (χ0n) is 18.5. The van der Waals surface area contributed by atoms with E-state index in [0.717, 1.165) is 24.2 Å². The number of aromatic nitrogens is 2. The number of methoxy groups -OCH3 is 1. The highest BCUT2D eigenvalue weighted by Gasteiger charge is 2.35. The monoisotopic (exact) mass is 491 g/mol. The van der Waals surface area contributed by atoms with Gasteiger partial charge in [-0.15, -0.1) is 10.2 Å². The first-order chi connectivity index (χ1) is 16.0. The van der Waals surface area contributed by atoms with Crippen LogP contribution in [0.3, 0.4) is 0 Å². The fourth-order valence-corrected chi connectivity index (χ4v) is 4.35. The second-order valence-corrected chi connectivity index (χ2v) is 9.14. The van der Waals surface area contributed by atoms with Gasteiger partial charge in [-0.25, -0.2) is 0 Å². The predicted molar refractivity (Wildman–Crippen MR) is 127 cm³/mol. The molecule has 0 unspecified atom stereocenters. The molecule has 2 fully saturated rings. The van der Waals surface area contributed by atoms with Gasteiger partial charge in [0, 0.05) is 56.3 Å². The van der Waals surface area contributed by atoms with Crippen LogP contribution in [0.15, 0.2) is 30.3 Å². The zero-order chi connectivity index (χ0) is 23.4. The van der Waals surface area contributed by atoms with Crippen LogP contribution in [-0.4, -0.2) is 84.8 Å². The summed E-state index contributed by atoms with van der Waals surface area (Å²) in [4.78, 5) is 30.9. The van der Waals surface area contributed by atoms with Crippen LogP contribution in [0.2, 0.25) is 10.0 Å². The third-order valence-corrected chi connectivity index (χ3v) is 6.49. The highest BCUT2D eigenvalue weighted by molar-refractivity contribution is 6.36. The van der Waals surface area contributed by atoms with Crippen molar-refractivity contribution in [2.24, 2.45) is 5.92 Å². The van der Waals surface area contributed by atoms with Crippen molar-refractivity contribution in [1.29, 1.82) is 0 Å². The van der Waals surface area contributed by atoms with Crippen molar-refractivity contribution in [3.63, 3.8) is 0 Å². The van der Waals surface area contributed by atoms with Crippen molar-refractivity contribution in [2.45, 2.75) is 12.8 Å². The Morgan fingerprint density at radius 2 is 1.85 bits per heavy atom. The summed E-state index contributed by atoms with van der Waals surface area (Å²) in [5, 5.41) is 9.77. The van der Waals surface area contributed by atoms with Gasteiger partial charge in [0.25, 0.3) is 0 Å². The van der Waals surface area contributed by atoms with Gasteiger partial charge < -0.3 is 19.4 Å². The molecule has 0 spiro atoms. The van der Waals surface area contributed by atoms with Gasteiger partial charge in [0.05, 0.1) is 23.9 Å². The summed E-state index contributed by atoms with van der Waals surface area (Å²) >= 11 is 12.2. The quantitative estimate of drug-likeness (QED) is 0.564. The Balaban J connectivity index is 1.32. The smallest absolute Gasteiger partial charge is 0.242 e. The van der Waals surface area contributed by atoms with Crippen LogP contribution in [0.1, 0.15) is 12.8 Å². The first-order valence-corrected chi connectivity index (χ1v) is 11.8. The molecular formula is C23H27Cl2N5O3. The van der Waals surface area contributed by atoms with Crippen LogP contribution in [0.5, 0.6) is 0 Å². The standard InChI is InChI=1S/C23H27Cl2N5O3/c1-33-13-12-30(23(32)16-2-3-16)15-22(31)29-10-8-28(9-11-29)21-7-6-20(26-27-21)18-5-4-17(24)14-19(18)25/h4-7,14,16H,2-3,8-13,15H2,1H3. The normalized spacial score (nSPS) is 16.1. The Morgan fingerprint density at radius 1 is 1.09 bits per heavy atom. The molecule has 10 heteroatoms. The van der Waals surface area contributed by atoms with Gasteiger partial charge in [0.2, 0.25) is 11.8 Å². The summed E-state index contributed by atoms with van der Waals surface area (Å²) in [6, 6.07) is 9.06. The van der Waals surface area contributed by atoms with E-state index in [0.29, 0.717) is 55.1 Å². The molecule has 2 aromatic rings. The van der Waals surface area contributed by atoms with Gasteiger partial charge in [-0.3, -0.25) is 9.59 Å². The maximum Gasteiger partial charge on any atom is 0.242 e. The molecular weight excluding hydrogens is 465 g/mol. The Kier molecular flexibility index (Phi) is 7.67. The minimum Gasteiger partial charge on any atom is -0.383 e. The zero-order valence-corrected chi connectivity index (χ0v) is 20.1. The number of hydrogen-bond acceptors (Lipinski definition) is 6. The number of nitrogens with zero attached hydrogens (tertiary/aromatic N) is 5. The van der Waals surface area contributed by atoms with Gasteiger partial charge >= 0.3 is 0 Å². The van der Waals surface area contributed by atoms with Crippen LogP contribution in [0.4, 0.5) is 5.82 Å². The second-order valence-electron chi connectivity index (χ2n) is 8.30. The highest BCUT2D eigenvalue weighted by Crippen LogP contribution is 2.31. The molecule has 1 aromatic carbocycles. The number of hydrogen-bond donors (Lipinski definition) is 0. The van der Waals surface area contributed by atoms with Crippen LogP contribution in [0, 0.1) is 5.92 Å². The Labute approximate surface area is 203 Å².